The van der Waals surface area contributed by atoms with Crippen LogP contribution in [-0.2, 0) is 10.0 Å². The summed E-state index contributed by atoms with van der Waals surface area (Å²) in [7, 11) is -4.01. The lowest BCUT2D eigenvalue weighted by atomic mass is 9.92. The molecule has 0 saturated heterocycles. The van der Waals surface area contributed by atoms with Crippen molar-refractivity contribution in [1.29, 1.82) is 0 Å². The number of halogens is 1. The second-order valence-corrected chi connectivity index (χ2v) is 12.6. The molecule has 41 heavy (non-hydrogen) atoms. The largest absolute Gasteiger partial charge is 0.321 e. The Morgan fingerprint density at radius 1 is 0.902 bits per heavy atom. The molecule has 0 aliphatic carbocycles. The van der Waals surface area contributed by atoms with Crippen LogP contribution in [0.25, 0.3) is 28.1 Å². The molecule has 0 saturated carbocycles. The van der Waals surface area contributed by atoms with Gasteiger partial charge in [0.05, 0.1) is 22.2 Å². The molecule has 8 heteroatoms. The van der Waals surface area contributed by atoms with Crippen molar-refractivity contribution >= 4 is 48.6 Å². The predicted molar refractivity (Wildman–Crippen MR) is 168 cm³/mol. The van der Waals surface area contributed by atoms with E-state index in [0.29, 0.717) is 22.4 Å². The molecule has 1 atom stereocenters. The Kier molecular flexibility index (Phi) is 7.19. The monoisotopic (exact) mass is 623 g/mol. The van der Waals surface area contributed by atoms with Gasteiger partial charge >= 0.3 is 0 Å². The third-order valence-corrected chi connectivity index (χ3v) is 9.31. The van der Waals surface area contributed by atoms with Crippen LogP contribution in [0.5, 0.6) is 0 Å². The van der Waals surface area contributed by atoms with Gasteiger partial charge in [-0.3, -0.25) is 4.79 Å². The molecule has 0 amide bonds. The SMILES string of the molecule is Cc1ccc(S(=O)(=O)N2N=C(c3c(-c4ccccc4)c4cc(Br)ccc4[nH]c3=O)CC2C=Cc2ccccc2)cc1. The predicted octanol–water partition coefficient (Wildman–Crippen LogP) is 7.15. The molecule has 2 heterocycles. The van der Waals surface area contributed by atoms with Gasteiger partial charge in [0.2, 0.25) is 0 Å². The summed E-state index contributed by atoms with van der Waals surface area (Å²) in [5, 5.41) is 5.51. The van der Waals surface area contributed by atoms with Gasteiger partial charge in [-0.2, -0.15) is 17.9 Å². The highest BCUT2D eigenvalue weighted by atomic mass is 79.9. The molecule has 6 rings (SSSR count). The maximum absolute atomic E-state index is 13.9. The quantitative estimate of drug-likeness (QED) is 0.218. The summed E-state index contributed by atoms with van der Waals surface area (Å²) >= 11 is 3.57. The van der Waals surface area contributed by atoms with E-state index in [2.05, 4.69) is 26.0 Å². The van der Waals surface area contributed by atoms with E-state index in [1.807, 2.05) is 97.9 Å². The first-order valence-electron chi connectivity index (χ1n) is 13.1. The van der Waals surface area contributed by atoms with Crippen LogP contribution in [0.4, 0.5) is 0 Å². The van der Waals surface area contributed by atoms with Crippen molar-refractivity contribution in [2.45, 2.75) is 24.3 Å². The number of aryl methyl sites for hydroxylation is 1. The molecule has 1 aromatic heterocycles. The number of sulfonamides is 1. The fourth-order valence-corrected chi connectivity index (χ4v) is 6.85. The Morgan fingerprint density at radius 2 is 1.59 bits per heavy atom. The number of hydrazone groups is 1. The number of H-pyrrole nitrogens is 1. The Labute approximate surface area is 246 Å². The average Bonchev–Trinajstić information content (AvgIpc) is 3.41. The third kappa shape index (κ3) is 5.28. The Bertz CT molecular complexity index is 1970. The van der Waals surface area contributed by atoms with Crippen molar-refractivity contribution in [3.63, 3.8) is 0 Å². The van der Waals surface area contributed by atoms with Crippen molar-refractivity contribution in [3.05, 3.63) is 141 Å². The second kappa shape index (κ2) is 11.0. The molecule has 0 fully saturated rings. The molecule has 1 unspecified atom stereocenters. The number of nitrogens with one attached hydrogen (secondary N) is 1. The summed E-state index contributed by atoms with van der Waals surface area (Å²) in [5.74, 6) is 0. The normalized spacial score (nSPS) is 15.5. The van der Waals surface area contributed by atoms with Gasteiger partial charge in [0.1, 0.15) is 0 Å². The van der Waals surface area contributed by atoms with E-state index < -0.39 is 16.1 Å². The lowest BCUT2D eigenvalue weighted by Crippen LogP contribution is -2.31. The number of benzene rings is 4. The van der Waals surface area contributed by atoms with Crippen LogP contribution in [0.3, 0.4) is 0 Å². The van der Waals surface area contributed by atoms with E-state index in [0.717, 1.165) is 31.0 Å². The van der Waals surface area contributed by atoms with Crippen LogP contribution >= 0.6 is 15.9 Å². The summed E-state index contributed by atoms with van der Waals surface area (Å²) < 4.78 is 29.9. The highest BCUT2D eigenvalue weighted by molar-refractivity contribution is 9.10. The van der Waals surface area contributed by atoms with Crippen LogP contribution in [0.15, 0.2) is 128 Å². The van der Waals surface area contributed by atoms with Gasteiger partial charge in [-0.05, 0) is 48.4 Å². The Hall–Kier alpha value is -4.27. The smallest absolute Gasteiger partial charge is 0.279 e. The van der Waals surface area contributed by atoms with Crippen LogP contribution in [-0.4, -0.2) is 29.6 Å². The van der Waals surface area contributed by atoms with Crippen LogP contribution in [0, 0.1) is 6.92 Å². The first-order valence-corrected chi connectivity index (χ1v) is 15.4. The van der Waals surface area contributed by atoms with Crippen molar-refractivity contribution in [2.75, 3.05) is 0 Å². The zero-order chi connectivity index (χ0) is 28.6. The minimum absolute atomic E-state index is 0.144. The Balaban J connectivity index is 1.55. The second-order valence-electron chi connectivity index (χ2n) is 9.94. The number of rotatable bonds is 6. The van der Waals surface area contributed by atoms with Crippen LogP contribution < -0.4 is 5.56 Å². The lowest BCUT2D eigenvalue weighted by Gasteiger charge is -2.20. The molecular formula is C33H26BrN3O3S. The maximum atomic E-state index is 13.9. The van der Waals surface area contributed by atoms with Gasteiger partial charge in [-0.15, -0.1) is 0 Å². The van der Waals surface area contributed by atoms with Crippen LogP contribution in [0.1, 0.15) is 23.1 Å². The van der Waals surface area contributed by atoms with Crippen molar-refractivity contribution < 1.29 is 8.42 Å². The lowest BCUT2D eigenvalue weighted by molar-refractivity contribution is 0.410. The van der Waals surface area contributed by atoms with E-state index >= 15 is 0 Å². The van der Waals surface area contributed by atoms with Gasteiger partial charge in [0.25, 0.3) is 15.6 Å². The van der Waals surface area contributed by atoms with Crippen molar-refractivity contribution in [2.24, 2.45) is 5.10 Å². The molecule has 0 radical (unpaired) electrons. The highest BCUT2D eigenvalue weighted by Gasteiger charge is 2.37. The van der Waals surface area contributed by atoms with E-state index in [4.69, 9.17) is 0 Å². The van der Waals surface area contributed by atoms with E-state index in [-0.39, 0.29) is 16.9 Å². The molecule has 1 aliphatic rings. The molecule has 1 aliphatic heterocycles. The standard InChI is InChI=1S/C33H26BrN3O3S/c1-22-12-17-27(18-13-22)41(39,40)37-26(16-14-23-8-4-2-5-9-23)21-30(36-37)32-31(24-10-6-3-7-11-24)28-20-25(34)15-19-29(28)35-33(32)38/h2-20,26H,21H2,1H3,(H,35,38). The number of pyridine rings is 1. The topological polar surface area (TPSA) is 82.6 Å². The molecule has 204 valence electrons. The fraction of sp³-hybridized carbons (Fsp3) is 0.0909. The summed E-state index contributed by atoms with van der Waals surface area (Å²) in [6.07, 6.45) is 3.96. The summed E-state index contributed by atoms with van der Waals surface area (Å²) in [6, 6.07) is 31.1. The zero-order valence-electron chi connectivity index (χ0n) is 22.2. The fourth-order valence-electron chi connectivity index (χ4n) is 5.09. The first-order chi connectivity index (χ1) is 19.8. The van der Waals surface area contributed by atoms with Gasteiger partial charge in [-0.25, -0.2) is 0 Å². The first kappa shape index (κ1) is 26.9. The van der Waals surface area contributed by atoms with Gasteiger partial charge < -0.3 is 4.98 Å². The maximum Gasteiger partial charge on any atom is 0.279 e. The number of aromatic amines is 1. The minimum atomic E-state index is -4.01. The molecule has 0 spiro atoms. The van der Waals surface area contributed by atoms with Gasteiger partial charge in [-0.1, -0.05) is 106 Å². The van der Waals surface area contributed by atoms with E-state index in [9.17, 15) is 13.2 Å². The van der Waals surface area contributed by atoms with Crippen molar-refractivity contribution in [3.8, 4) is 11.1 Å². The molecule has 4 aromatic carbocycles. The minimum Gasteiger partial charge on any atom is -0.321 e. The van der Waals surface area contributed by atoms with E-state index in [1.54, 1.807) is 24.3 Å². The summed E-state index contributed by atoms with van der Waals surface area (Å²) in [4.78, 5) is 16.9. The molecule has 6 nitrogen and oxygen atoms in total. The third-order valence-electron chi connectivity index (χ3n) is 7.11. The number of hydrogen-bond donors (Lipinski definition) is 1. The average molecular weight is 625 g/mol. The summed E-state index contributed by atoms with van der Waals surface area (Å²) in [5.41, 5.74) is 4.58. The highest BCUT2D eigenvalue weighted by Crippen LogP contribution is 2.35. The van der Waals surface area contributed by atoms with E-state index in [1.165, 1.54) is 0 Å². The number of fused-ring (bicyclic) bond motifs is 1. The number of aromatic nitrogens is 1. The molecule has 5 aromatic rings. The Morgan fingerprint density at radius 3 is 2.29 bits per heavy atom. The molecular weight excluding hydrogens is 598 g/mol. The zero-order valence-corrected chi connectivity index (χ0v) is 24.6. The number of hydrogen-bond acceptors (Lipinski definition) is 4. The van der Waals surface area contributed by atoms with Gasteiger partial charge in [0.15, 0.2) is 0 Å². The van der Waals surface area contributed by atoms with Crippen LogP contribution in [0.2, 0.25) is 0 Å². The summed E-state index contributed by atoms with van der Waals surface area (Å²) in [6.45, 7) is 1.91. The molecule has 1 N–H and O–H groups in total. The molecule has 0 bridgehead atoms. The van der Waals surface area contributed by atoms with Crippen molar-refractivity contribution in [1.82, 2.24) is 9.40 Å². The number of nitrogens with zero attached hydrogens (tertiary/aromatic N) is 2. The van der Waals surface area contributed by atoms with Gasteiger partial charge in [0, 0.05) is 27.4 Å².